The van der Waals surface area contributed by atoms with E-state index in [1.165, 1.54) is 11.1 Å². The van der Waals surface area contributed by atoms with Crippen LogP contribution in [0.1, 0.15) is 24.0 Å². The summed E-state index contributed by atoms with van der Waals surface area (Å²) in [4.78, 5) is 7.43. The van der Waals surface area contributed by atoms with Crippen LogP contribution in [-0.4, -0.2) is 41.3 Å². The molecule has 3 aromatic rings. The van der Waals surface area contributed by atoms with Crippen LogP contribution in [0.5, 0.6) is 5.75 Å². The zero-order valence-electron chi connectivity index (χ0n) is 16.0. The molecule has 0 aliphatic carbocycles. The first-order valence-electron chi connectivity index (χ1n) is 9.57. The Balaban J connectivity index is 1.78. The van der Waals surface area contributed by atoms with Crippen molar-refractivity contribution in [2.45, 2.75) is 32.4 Å². The van der Waals surface area contributed by atoms with Crippen molar-refractivity contribution in [1.82, 2.24) is 9.88 Å². The molecule has 0 spiro atoms. The summed E-state index contributed by atoms with van der Waals surface area (Å²) in [5.41, 5.74) is 5.59. The van der Waals surface area contributed by atoms with E-state index in [0.29, 0.717) is 0 Å². The van der Waals surface area contributed by atoms with E-state index in [1.54, 1.807) is 7.11 Å². The van der Waals surface area contributed by atoms with Crippen LogP contribution in [0.3, 0.4) is 0 Å². The third kappa shape index (κ3) is 3.97. The van der Waals surface area contributed by atoms with E-state index in [0.717, 1.165) is 60.4 Å². The fourth-order valence-electron chi connectivity index (χ4n) is 3.80. The van der Waals surface area contributed by atoms with Crippen LogP contribution in [0, 0.1) is 6.92 Å². The van der Waals surface area contributed by atoms with Crippen molar-refractivity contribution in [1.29, 1.82) is 0 Å². The molecular formula is C23H26N2O2. The lowest BCUT2D eigenvalue weighted by Gasteiger charge is -2.30. The predicted octanol–water partition coefficient (Wildman–Crippen LogP) is 4.18. The maximum Gasteiger partial charge on any atom is 0.121 e. The van der Waals surface area contributed by atoms with Crippen molar-refractivity contribution in [2.75, 3.05) is 20.2 Å². The third-order valence-corrected chi connectivity index (χ3v) is 5.35. The SMILES string of the molecule is COc1ccc2cc(CN3CCC(O)CC3)c(-c3cccc(C)c3)nc2c1. The molecule has 1 aliphatic heterocycles. The monoisotopic (exact) mass is 362 g/mol. The van der Waals surface area contributed by atoms with Gasteiger partial charge in [0.25, 0.3) is 0 Å². The minimum atomic E-state index is -0.153. The van der Waals surface area contributed by atoms with E-state index in [-0.39, 0.29) is 6.10 Å². The van der Waals surface area contributed by atoms with Crippen molar-refractivity contribution in [2.24, 2.45) is 0 Å². The third-order valence-electron chi connectivity index (χ3n) is 5.35. The zero-order chi connectivity index (χ0) is 18.8. The fraction of sp³-hybridized carbons (Fsp3) is 0.348. The molecule has 2 aromatic carbocycles. The topological polar surface area (TPSA) is 45.6 Å². The second-order valence-electron chi connectivity index (χ2n) is 7.43. The summed E-state index contributed by atoms with van der Waals surface area (Å²) in [5, 5.41) is 10.9. The van der Waals surface area contributed by atoms with Crippen molar-refractivity contribution in [3.8, 4) is 17.0 Å². The lowest BCUT2D eigenvalue weighted by molar-refractivity contribution is 0.0793. The highest BCUT2D eigenvalue weighted by molar-refractivity contribution is 5.84. The number of benzene rings is 2. The Labute approximate surface area is 160 Å². The quantitative estimate of drug-likeness (QED) is 0.756. The maximum atomic E-state index is 9.80. The second kappa shape index (κ2) is 7.67. The highest BCUT2D eigenvalue weighted by Crippen LogP contribution is 2.29. The first kappa shape index (κ1) is 18.0. The Morgan fingerprint density at radius 1 is 1.11 bits per heavy atom. The molecule has 4 heteroatoms. The molecule has 27 heavy (non-hydrogen) atoms. The summed E-state index contributed by atoms with van der Waals surface area (Å²) in [7, 11) is 1.68. The Morgan fingerprint density at radius 2 is 1.93 bits per heavy atom. The molecule has 1 fully saturated rings. The highest BCUT2D eigenvalue weighted by Gasteiger charge is 2.19. The summed E-state index contributed by atoms with van der Waals surface area (Å²) in [5.74, 6) is 0.822. The molecule has 2 heterocycles. The molecule has 0 radical (unpaired) electrons. The largest absolute Gasteiger partial charge is 0.497 e. The zero-order valence-corrected chi connectivity index (χ0v) is 16.0. The number of piperidine rings is 1. The van der Waals surface area contributed by atoms with Gasteiger partial charge in [-0.15, -0.1) is 0 Å². The summed E-state index contributed by atoms with van der Waals surface area (Å²) in [6.45, 7) is 4.81. The van der Waals surface area contributed by atoms with Crippen LogP contribution < -0.4 is 4.74 Å². The number of methoxy groups -OCH3 is 1. The first-order valence-corrected chi connectivity index (χ1v) is 9.57. The van der Waals surface area contributed by atoms with Crippen LogP contribution in [0.4, 0.5) is 0 Å². The van der Waals surface area contributed by atoms with E-state index in [1.807, 2.05) is 12.1 Å². The molecular weight excluding hydrogens is 336 g/mol. The van der Waals surface area contributed by atoms with Gasteiger partial charge >= 0.3 is 0 Å². The number of aryl methyl sites for hydroxylation is 1. The molecule has 140 valence electrons. The second-order valence-corrected chi connectivity index (χ2v) is 7.43. The Hall–Kier alpha value is -2.43. The van der Waals surface area contributed by atoms with E-state index < -0.39 is 0 Å². The van der Waals surface area contributed by atoms with Gasteiger partial charge in [-0.05, 0) is 49.6 Å². The lowest BCUT2D eigenvalue weighted by Crippen LogP contribution is -2.35. The molecule has 4 rings (SSSR count). The molecule has 0 amide bonds. The van der Waals surface area contributed by atoms with Crippen molar-refractivity contribution >= 4 is 10.9 Å². The van der Waals surface area contributed by atoms with Gasteiger partial charge in [0, 0.05) is 36.7 Å². The number of pyridine rings is 1. The number of aliphatic hydroxyl groups excluding tert-OH is 1. The van der Waals surface area contributed by atoms with Gasteiger partial charge in [-0.2, -0.15) is 0 Å². The number of hydrogen-bond acceptors (Lipinski definition) is 4. The van der Waals surface area contributed by atoms with Gasteiger partial charge in [-0.1, -0.05) is 23.8 Å². The minimum Gasteiger partial charge on any atom is -0.497 e. The molecule has 1 N–H and O–H groups in total. The van der Waals surface area contributed by atoms with Crippen molar-refractivity contribution in [3.05, 3.63) is 59.7 Å². The Bertz CT molecular complexity index is 946. The highest BCUT2D eigenvalue weighted by atomic mass is 16.5. The molecule has 0 atom stereocenters. The summed E-state index contributed by atoms with van der Waals surface area (Å²) in [6.07, 6.45) is 1.54. The van der Waals surface area contributed by atoms with E-state index >= 15 is 0 Å². The Kier molecular flexibility index (Phi) is 5.10. The number of likely N-dealkylation sites (tertiary alicyclic amines) is 1. The normalized spacial score (nSPS) is 16.0. The summed E-state index contributed by atoms with van der Waals surface area (Å²) in [6, 6.07) is 16.8. The summed E-state index contributed by atoms with van der Waals surface area (Å²) < 4.78 is 5.38. The molecule has 1 aromatic heterocycles. The van der Waals surface area contributed by atoms with Gasteiger partial charge in [-0.3, -0.25) is 4.90 Å². The molecule has 1 aliphatic rings. The van der Waals surface area contributed by atoms with E-state index in [9.17, 15) is 5.11 Å². The smallest absolute Gasteiger partial charge is 0.121 e. The van der Waals surface area contributed by atoms with Crippen LogP contribution in [0.2, 0.25) is 0 Å². The molecule has 0 unspecified atom stereocenters. The molecule has 0 bridgehead atoms. The van der Waals surface area contributed by atoms with Gasteiger partial charge in [0.1, 0.15) is 5.75 Å². The van der Waals surface area contributed by atoms with E-state index in [2.05, 4.69) is 48.2 Å². The molecule has 0 saturated carbocycles. The molecule has 1 saturated heterocycles. The van der Waals surface area contributed by atoms with Crippen molar-refractivity contribution in [3.63, 3.8) is 0 Å². The van der Waals surface area contributed by atoms with Gasteiger partial charge in [0.2, 0.25) is 0 Å². The first-order chi connectivity index (χ1) is 13.1. The fourth-order valence-corrected chi connectivity index (χ4v) is 3.80. The van der Waals surface area contributed by atoms with Gasteiger partial charge in [0.05, 0.1) is 24.4 Å². The van der Waals surface area contributed by atoms with Crippen LogP contribution in [0.25, 0.3) is 22.2 Å². The number of hydrogen-bond donors (Lipinski definition) is 1. The minimum absolute atomic E-state index is 0.153. The number of nitrogens with zero attached hydrogens (tertiary/aromatic N) is 2. The number of aliphatic hydroxyl groups is 1. The number of ether oxygens (including phenoxy) is 1. The van der Waals surface area contributed by atoms with Gasteiger partial charge in [0.15, 0.2) is 0 Å². The van der Waals surface area contributed by atoms with Gasteiger partial charge in [-0.25, -0.2) is 4.98 Å². The van der Waals surface area contributed by atoms with Gasteiger partial charge < -0.3 is 9.84 Å². The average molecular weight is 362 g/mol. The average Bonchev–Trinajstić information content (AvgIpc) is 2.69. The number of fused-ring (bicyclic) bond motifs is 1. The standard InChI is InChI=1S/C23H26N2O2/c1-16-4-3-5-18(12-16)23-19(15-25-10-8-20(26)9-11-25)13-17-6-7-21(27-2)14-22(17)24-23/h3-7,12-14,20,26H,8-11,15H2,1-2H3. The van der Waals surface area contributed by atoms with E-state index in [4.69, 9.17) is 9.72 Å². The number of rotatable bonds is 4. The van der Waals surface area contributed by atoms with Crippen LogP contribution >= 0.6 is 0 Å². The number of aromatic nitrogens is 1. The van der Waals surface area contributed by atoms with Crippen molar-refractivity contribution < 1.29 is 9.84 Å². The maximum absolute atomic E-state index is 9.80. The van der Waals surface area contributed by atoms with Crippen LogP contribution in [0.15, 0.2) is 48.5 Å². The Morgan fingerprint density at radius 3 is 2.67 bits per heavy atom. The predicted molar refractivity (Wildman–Crippen MR) is 109 cm³/mol. The summed E-state index contributed by atoms with van der Waals surface area (Å²) >= 11 is 0. The van der Waals surface area contributed by atoms with Crippen LogP contribution in [-0.2, 0) is 6.54 Å². The lowest BCUT2D eigenvalue weighted by atomic mass is 10.00. The molecule has 4 nitrogen and oxygen atoms in total.